The van der Waals surface area contributed by atoms with E-state index in [0.717, 1.165) is 0 Å². The Balaban J connectivity index is 1.77. The monoisotopic (exact) mass is 488 g/mol. The molecule has 3 aromatic carbocycles. The summed E-state index contributed by atoms with van der Waals surface area (Å²) in [5.74, 6) is -0.237. The Hall–Kier alpha value is -4.37. The number of aromatic nitrogens is 2. The first-order valence-electron chi connectivity index (χ1n) is 10.3. The Morgan fingerprint density at radius 3 is 2.43 bits per heavy atom. The second kappa shape index (κ2) is 9.86. The van der Waals surface area contributed by atoms with E-state index in [1.165, 1.54) is 42.6 Å². The maximum atomic E-state index is 13.7. The Bertz CT molecular complexity index is 1460. The van der Waals surface area contributed by atoms with Crippen LogP contribution in [-0.2, 0) is 5.60 Å². The lowest BCUT2D eigenvalue weighted by molar-refractivity contribution is 0.00517. The number of hydrogen-bond donors (Lipinski definition) is 1. The first-order chi connectivity index (χ1) is 16.9. The van der Waals surface area contributed by atoms with E-state index >= 15 is 0 Å². The molecule has 0 fully saturated rings. The normalized spacial score (nSPS) is 12.3. The topological polar surface area (TPSA) is 104 Å². The molecule has 0 spiro atoms. The van der Waals surface area contributed by atoms with Gasteiger partial charge in [0.05, 0.1) is 34.5 Å². The molecule has 0 amide bonds. The number of rotatable bonds is 7. The molecule has 0 aliphatic carbocycles. The molecule has 1 unspecified atom stereocenters. The fourth-order valence-corrected chi connectivity index (χ4v) is 3.82. The van der Waals surface area contributed by atoms with Gasteiger partial charge in [0.1, 0.15) is 37.3 Å². The molecule has 0 saturated heterocycles. The molecule has 1 heterocycles. The van der Waals surface area contributed by atoms with E-state index in [4.69, 9.17) is 26.4 Å². The van der Waals surface area contributed by atoms with E-state index in [0.29, 0.717) is 39.3 Å². The third-order valence-corrected chi connectivity index (χ3v) is 5.78. The van der Waals surface area contributed by atoms with Crippen LogP contribution in [0.5, 0.6) is 5.75 Å². The highest BCUT2D eigenvalue weighted by Crippen LogP contribution is 2.36. The quantitative estimate of drug-likeness (QED) is 0.412. The van der Waals surface area contributed by atoms with Crippen LogP contribution < -0.4 is 9.57 Å². The zero-order chi connectivity index (χ0) is 25.0. The molecule has 7 nitrogen and oxygen atoms in total. The maximum Gasteiger partial charge on any atom is 0.168 e. The number of hydrogen-bond acceptors (Lipinski definition) is 6. The summed E-state index contributed by atoms with van der Waals surface area (Å²) < 4.78 is 21.2. The smallest absolute Gasteiger partial charge is 0.168 e. The Morgan fingerprint density at radius 1 is 1.06 bits per heavy atom. The van der Waals surface area contributed by atoms with Crippen LogP contribution in [0.4, 0.5) is 4.39 Å². The molecule has 1 aromatic heterocycles. The summed E-state index contributed by atoms with van der Waals surface area (Å²) in [7, 11) is 1.43. The molecule has 1 atom stereocenters. The van der Waals surface area contributed by atoms with Gasteiger partial charge in [-0.25, -0.2) is 9.37 Å². The summed E-state index contributed by atoms with van der Waals surface area (Å²) in [6.45, 7) is -0.276. The van der Waals surface area contributed by atoms with Crippen molar-refractivity contribution in [3.63, 3.8) is 0 Å². The van der Waals surface area contributed by atoms with Crippen molar-refractivity contribution >= 4 is 11.6 Å². The highest BCUT2D eigenvalue weighted by atomic mass is 35.5. The van der Waals surface area contributed by atoms with Gasteiger partial charge in [-0.1, -0.05) is 29.8 Å². The van der Waals surface area contributed by atoms with Gasteiger partial charge in [0.2, 0.25) is 0 Å². The number of benzene rings is 3. The van der Waals surface area contributed by atoms with E-state index in [1.54, 1.807) is 42.5 Å². The summed E-state index contributed by atoms with van der Waals surface area (Å²) in [4.78, 5) is 9.36. The summed E-state index contributed by atoms with van der Waals surface area (Å²) >= 11 is 5.98. The van der Waals surface area contributed by atoms with Crippen molar-refractivity contribution in [3.05, 3.63) is 106 Å². The van der Waals surface area contributed by atoms with E-state index in [-0.39, 0.29) is 11.6 Å². The molecule has 0 aliphatic rings. The number of nitrogens with zero attached hydrogens (tertiary/aromatic N) is 4. The van der Waals surface area contributed by atoms with Crippen LogP contribution in [0.2, 0.25) is 5.02 Å². The fourth-order valence-electron chi connectivity index (χ4n) is 3.64. The minimum Gasteiger partial charge on any atom is -0.489 e. The average Bonchev–Trinajstić information content (AvgIpc) is 3.38. The van der Waals surface area contributed by atoms with E-state index in [9.17, 15) is 14.8 Å². The zero-order valence-corrected chi connectivity index (χ0v) is 19.2. The van der Waals surface area contributed by atoms with Crippen LogP contribution in [0.25, 0.3) is 11.1 Å². The van der Waals surface area contributed by atoms with Crippen LogP contribution in [0.1, 0.15) is 22.4 Å². The molecule has 0 bridgehead atoms. The summed E-state index contributed by atoms with van der Waals surface area (Å²) in [5, 5.41) is 30.3. The Labute approximate surface area is 205 Å². The van der Waals surface area contributed by atoms with Gasteiger partial charge in [0.15, 0.2) is 5.60 Å². The van der Waals surface area contributed by atoms with Crippen molar-refractivity contribution in [1.82, 2.24) is 9.71 Å². The Morgan fingerprint density at radius 2 is 1.77 bits per heavy atom. The minimum absolute atomic E-state index is 0.0751. The molecular weight excluding hydrogens is 471 g/mol. The third-order valence-electron chi connectivity index (χ3n) is 5.49. The molecule has 35 heavy (non-hydrogen) atoms. The molecule has 0 aliphatic heterocycles. The molecule has 1 N–H and O–H groups in total. The van der Waals surface area contributed by atoms with Gasteiger partial charge < -0.3 is 14.7 Å². The molecular formula is C26H18ClFN4O3. The van der Waals surface area contributed by atoms with E-state index in [1.807, 2.05) is 6.07 Å². The van der Waals surface area contributed by atoms with Gasteiger partial charge in [0.25, 0.3) is 0 Å². The number of aliphatic hydroxyl groups is 1. The summed E-state index contributed by atoms with van der Waals surface area (Å²) in [5.41, 5.74) is 0.833. The van der Waals surface area contributed by atoms with Gasteiger partial charge in [-0.3, -0.25) is 0 Å². The van der Waals surface area contributed by atoms with Gasteiger partial charge in [-0.15, -0.1) is 0 Å². The Kier molecular flexibility index (Phi) is 6.70. The van der Waals surface area contributed by atoms with Gasteiger partial charge >= 0.3 is 0 Å². The van der Waals surface area contributed by atoms with Gasteiger partial charge in [-0.2, -0.15) is 15.3 Å². The lowest BCUT2D eigenvalue weighted by Crippen LogP contribution is -2.37. The van der Waals surface area contributed by atoms with Crippen molar-refractivity contribution in [2.75, 3.05) is 13.7 Å². The number of imidazole rings is 1. The van der Waals surface area contributed by atoms with Crippen LogP contribution in [0.15, 0.2) is 73.2 Å². The molecule has 4 rings (SSSR count). The number of halogens is 2. The van der Waals surface area contributed by atoms with Gasteiger partial charge in [-0.05, 0) is 53.6 Å². The first-order valence-corrected chi connectivity index (χ1v) is 10.7. The highest BCUT2D eigenvalue weighted by Gasteiger charge is 2.37. The zero-order valence-electron chi connectivity index (χ0n) is 18.4. The van der Waals surface area contributed by atoms with Crippen molar-refractivity contribution in [2.24, 2.45) is 0 Å². The van der Waals surface area contributed by atoms with Crippen molar-refractivity contribution in [2.45, 2.75) is 5.60 Å². The molecule has 9 heteroatoms. The standard InChI is InChI=1S/C26H18ClFN4O3/c1-34-32-16-31-14-25(32)26(33,20-6-2-17(12-29)3-7-20)15-35-24-9-4-18(13-30)10-21(24)19-5-8-23(28)22(27)11-19/h2-11,14,16,33H,15H2,1H3. The van der Waals surface area contributed by atoms with Crippen molar-refractivity contribution in [1.29, 1.82) is 10.5 Å². The molecule has 0 radical (unpaired) electrons. The first kappa shape index (κ1) is 23.8. The lowest BCUT2D eigenvalue weighted by atomic mass is 9.91. The maximum absolute atomic E-state index is 13.7. The second-order valence-electron chi connectivity index (χ2n) is 7.58. The van der Waals surface area contributed by atoms with Gasteiger partial charge in [0, 0.05) is 5.56 Å². The lowest BCUT2D eigenvalue weighted by Gasteiger charge is -2.29. The predicted molar refractivity (Wildman–Crippen MR) is 126 cm³/mol. The highest BCUT2D eigenvalue weighted by molar-refractivity contribution is 6.31. The molecule has 0 saturated carbocycles. The average molecular weight is 489 g/mol. The van der Waals surface area contributed by atoms with Crippen LogP contribution in [0.3, 0.4) is 0 Å². The van der Waals surface area contributed by atoms with E-state index < -0.39 is 11.4 Å². The third kappa shape index (κ3) is 4.67. The van der Waals surface area contributed by atoms with Crippen LogP contribution in [0, 0.1) is 28.5 Å². The largest absolute Gasteiger partial charge is 0.489 e. The summed E-state index contributed by atoms with van der Waals surface area (Å²) in [6, 6.07) is 19.5. The SMILES string of the molecule is COn1cncc1C(O)(COc1ccc(C#N)cc1-c1ccc(F)c(Cl)c1)c1ccc(C#N)cc1. The number of ether oxygens (including phenoxy) is 1. The van der Waals surface area contributed by atoms with Crippen LogP contribution in [-0.4, -0.2) is 28.5 Å². The predicted octanol–water partition coefficient (Wildman–Crippen LogP) is 4.46. The molecule has 174 valence electrons. The second-order valence-corrected chi connectivity index (χ2v) is 7.98. The van der Waals surface area contributed by atoms with Crippen molar-refractivity contribution in [3.8, 4) is 29.0 Å². The van der Waals surface area contributed by atoms with Crippen LogP contribution >= 0.6 is 11.6 Å². The minimum atomic E-state index is -1.73. The summed E-state index contributed by atoms with van der Waals surface area (Å²) in [6.07, 6.45) is 2.85. The van der Waals surface area contributed by atoms with Crippen molar-refractivity contribution < 1.29 is 19.1 Å². The fraction of sp³-hybridized carbons (Fsp3) is 0.115. The molecule has 4 aromatic rings. The van der Waals surface area contributed by atoms with E-state index in [2.05, 4.69) is 11.1 Å². The number of nitriles is 2.